The molecule has 0 amide bonds. The Kier molecular flexibility index (Phi) is 4.23. The normalized spacial score (nSPS) is 9.36. The third kappa shape index (κ3) is 4.34. The fourth-order valence-corrected chi connectivity index (χ4v) is 0.635. The molecule has 0 aliphatic heterocycles. The predicted octanol–water partition coefficient (Wildman–Crippen LogP) is 1.27. The molecule has 0 unspecified atom stereocenters. The maximum Gasteiger partial charge on any atom is 0.342 e. The predicted molar refractivity (Wildman–Crippen MR) is 40.9 cm³/mol. The fourth-order valence-electron chi connectivity index (χ4n) is 0.635. The van der Waals surface area contributed by atoms with Gasteiger partial charge in [0.05, 0.1) is 0 Å². The van der Waals surface area contributed by atoms with Crippen molar-refractivity contribution in [2.75, 3.05) is 0 Å². The van der Waals surface area contributed by atoms with Gasteiger partial charge < -0.3 is 5.11 Å². The number of carboxylic acid groups (broad SMARTS) is 1. The standard InChI is InChI=1S/C8H12O3/c1-6(2)3-4-7(5-9)8(10)11/h6H,3-4H2,1-2H3,(H,10,11). The average Bonchev–Trinajstić information content (AvgIpc) is 1.87. The van der Waals surface area contributed by atoms with Crippen molar-refractivity contribution in [1.82, 2.24) is 0 Å². The molecule has 0 bridgehead atoms. The van der Waals surface area contributed by atoms with Gasteiger partial charge >= 0.3 is 5.97 Å². The maximum atomic E-state index is 10.2. The number of hydrogen-bond acceptors (Lipinski definition) is 2. The Bertz CT molecular complexity index is 188. The Labute approximate surface area is 65.7 Å². The number of hydrogen-bond donors (Lipinski definition) is 1. The van der Waals surface area contributed by atoms with E-state index < -0.39 is 5.97 Å². The molecule has 0 atom stereocenters. The SMILES string of the molecule is CC(C)CCC(=C=O)C(=O)O. The zero-order valence-electron chi connectivity index (χ0n) is 6.76. The molecule has 11 heavy (non-hydrogen) atoms. The van der Waals surface area contributed by atoms with Crippen LogP contribution in [-0.2, 0) is 9.59 Å². The van der Waals surface area contributed by atoms with E-state index in [-0.39, 0.29) is 5.57 Å². The van der Waals surface area contributed by atoms with E-state index >= 15 is 0 Å². The number of carbonyl (C=O) groups excluding carboxylic acids is 1. The molecule has 0 rings (SSSR count). The molecule has 0 aromatic carbocycles. The lowest BCUT2D eigenvalue weighted by atomic mass is 10.0. The Morgan fingerprint density at radius 1 is 1.55 bits per heavy atom. The second kappa shape index (κ2) is 4.69. The van der Waals surface area contributed by atoms with Crippen molar-refractivity contribution in [2.24, 2.45) is 5.92 Å². The lowest BCUT2D eigenvalue weighted by molar-refractivity contribution is -0.132. The number of carboxylic acids is 1. The van der Waals surface area contributed by atoms with Gasteiger partial charge in [-0.15, -0.1) is 0 Å². The van der Waals surface area contributed by atoms with E-state index in [4.69, 9.17) is 5.11 Å². The van der Waals surface area contributed by atoms with Gasteiger partial charge in [-0.05, 0) is 18.8 Å². The molecule has 0 fully saturated rings. The van der Waals surface area contributed by atoms with Crippen LogP contribution in [0.25, 0.3) is 0 Å². The molecule has 0 radical (unpaired) electrons. The summed E-state index contributed by atoms with van der Waals surface area (Å²) >= 11 is 0. The molecular formula is C8H12O3. The van der Waals surface area contributed by atoms with Crippen LogP contribution in [0.1, 0.15) is 26.7 Å². The first-order valence-electron chi connectivity index (χ1n) is 3.55. The van der Waals surface area contributed by atoms with Crippen LogP contribution >= 0.6 is 0 Å². The smallest absolute Gasteiger partial charge is 0.342 e. The maximum absolute atomic E-state index is 10.2. The van der Waals surface area contributed by atoms with Crippen LogP contribution in [0.2, 0.25) is 0 Å². The van der Waals surface area contributed by atoms with Crippen molar-refractivity contribution in [1.29, 1.82) is 0 Å². The van der Waals surface area contributed by atoms with E-state index in [1.807, 2.05) is 13.8 Å². The summed E-state index contributed by atoms with van der Waals surface area (Å²) in [5.41, 5.74) is -0.154. The number of rotatable bonds is 4. The summed E-state index contributed by atoms with van der Waals surface area (Å²) in [5, 5.41) is 8.39. The van der Waals surface area contributed by atoms with Crippen molar-refractivity contribution in [2.45, 2.75) is 26.7 Å². The molecule has 1 N–H and O–H groups in total. The zero-order valence-corrected chi connectivity index (χ0v) is 6.76. The minimum Gasteiger partial charge on any atom is -0.477 e. The highest BCUT2D eigenvalue weighted by Crippen LogP contribution is 2.08. The van der Waals surface area contributed by atoms with Crippen LogP contribution in [-0.4, -0.2) is 17.0 Å². The Hall–Kier alpha value is -1.08. The van der Waals surface area contributed by atoms with Gasteiger partial charge in [0.25, 0.3) is 0 Å². The minimum atomic E-state index is -1.15. The molecule has 0 saturated carbocycles. The van der Waals surface area contributed by atoms with E-state index in [1.165, 1.54) is 5.94 Å². The summed E-state index contributed by atoms with van der Waals surface area (Å²) in [4.78, 5) is 20.3. The molecule has 0 aliphatic carbocycles. The summed E-state index contributed by atoms with van der Waals surface area (Å²) < 4.78 is 0. The first kappa shape index (κ1) is 9.92. The van der Waals surface area contributed by atoms with Crippen LogP contribution in [0.3, 0.4) is 0 Å². The first-order valence-corrected chi connectivity index (χ1v) is 3.55. The second-order valence-corrected chi connectivity index (χ2v) is 2.82. The largest absolute Gasteiger partial charge is 0.477 e. The summed E-state index contributed by atoms with van der Waals surface area (Å²) in [7, 11) is 0. The molecule has 0 heterocycles. The van der Waals surface area contributed by atoms with Gasteiger partial charge in [-0.1, -0.05) is 13.8 Å². The molecule has 0 saturated heterocycles. The van der Waals surface area contributed by atoms with Crippen molar-refractivity contribution in [3.8, 4) is 0 Å². The van der Waals surface area contributed by atoms with Gasteiger partial charge in [0, 0.05) is 0 Å². The van der Waals surface area contributed by atoms with Crippen molar-refractivity contribution < 1.29 is 14.7 Å². The Morgan fingerprint density at radius 3 is 2.36 bits per heavy atom. The van der Waals surface area contributed by atoms with Crippen LogP contribution in [0.4, 0.5) is 0 Å². The van der Waals surface area contributed by atoms with Gasteiger partial charge in [0.2, 0.25) is 0 Å². The number of aliphatic carboxylic acids is 1. The van der Waals surface area contributed by atoms with Gasteiger partial charge in [0.1, 0.15) is 11.5 Å². The second-order valence-electron chi connectivity index (χ2n) is 2.82. The summed E-state index contributed by atoms with van der Waals surface area (Å²) in [5.74, 6) is 0.686. The van der Waals surface area contributed by atoms with Gasteiger partial charge in [0.15, 0.2) is 0 Å². The molecule has 62 valence electrons. The third-order valence-electron chi connectivity index (χ3n) is 1.35. The Balaban J connectivity index is 3.92. The average molecular weight is 156 g/mol. The highest BCUT2D eigenvalue weighted by atomic mass is 16.4. The van der Waals surface area contributed by atoms with Crippen molar-refractivity contribution in [3.63, 3.8) is 0 Å². The quantitative estimate of drug-likeness (QED) is 0.492. The molecule has 0 aliphatic rings. The van der Waals surface area contributed by atoms with E-state index in [0.29, 0.717) is 12.3 Å². The first-order chi connectivity index (χ1) is 5.07. The Morgan fingerprint density at radius 2 is 2.09 bits per heavy atom. The van der Waals surface area contributed by atoms with Gasteiger partial charge in [-0.2, -0.15) is 0 Å². The summed E-state index contributed by atoms with van der Waals surface area (Å²) in [6.45, 7) is 3.95. The molecule has 0 aromatic rings. The molecule has 0 spiro atoms. The molecule has 3 nitrogen and oxygen atoms in total. The lowest BCUT2D eigenvalue weighted by Crippen LogP contribution is -2.02. The monoisotopic (exact) mass is 156 g/mol. The van der Waals surface area contributed by atoms with Gasteiger partial charge in [-0.3, -0.25) is 0 Å². The van der Waals surface area contributed by atoms with E-state index in [1.54, 1.807) is 0 Å². The minimum absolute atomic E-state index is 0.154. The topological polar surface area (TPSA) is 54.4 Å². The molecular weight excluding hydrogens is 144 g/mol. The van der Waals surface area contributed by atoms with Crippen molar-refractivity contribution >= 4 is 11.9 Å². The number of carbonyl (C=O) groups is 1. The van der Waals surface area contributed by atoms with Crippen molar-refractivity contribution in [3.05, 3.63) is 5.57 Å². The van der Waals surface area contributed by atoms with Crippen LogP contribution in [0.5, 0.6) is 0 Å². The van der Waals surface area contributed by atoms with Crippen LogP contribution < -0.4 is 0 Å². The van der Waals surface area contributed by atoms with Crippen LogP contribution in [0.15, 0.2) is 5.57 Å². The van der Waals surface area contributed by atoms with E-state index in [0.717, 1.165) is 6.42 Å². The fraction of sp³-hybridized carbons (Fsp3) is 0.625. The third-order valence-corrected chi connectivity index (χ3v) is 1.35. The molecule has 3 heteroatoms. The summed E-state index contributed by atoms with van der Waals surface area (Å²) in [6, 6.07) is 0. The van der Waals surface area contributed by atoms with E-state index in [9.17, 15) is 9.59 Å². The summed E-state index contributed by atoms with van der Waals surface area (Å²) in [6.07, 6.45) is 1.04. The van der Waals surface area contributed by atoms with Gasteiger partial charge in [-0.25, -0.2) is 9.59 Å². The zero-order chi connectivity index (χ0) is 8.85. The highest BCUT2D eigenvalue weighted by molar-refractivity contribution is 5.95. The molecule has 0 aromatic heterocycles. The van der Waals surface area contributed by atoms with Crippen LogP contribution in [0, 0.1) is 5.92 Å². The lowest BCUT2D eigenvalue weighted by Gasteiger charge is -2.01. The highest BCUT2D eigenvalue weighted by Gasteiger charge is 2.08. The van der Waals surface area contributed by atoms with E-state index in [2.05, 4.69) is 0 Å².